The van der Waals surface area contributed by atoms with Crippen LogP contribution in [0.5, 0.6) is 5.75 Å². The summed E-state index contributed by atoms with van der Waals surface area (Å²) in [5.74, 6) is -0.195. The number of hydrogen-bond donors (Lipinski definition) is 1. The number of ether oxygens (including phenoxy) is 1. The standard InChI is InChI=1S/C17H18ClNO3/c1-11-8-12(4-6-14(11)17(21)22-3)10-19(2)16-7-5-13(20)9-15(16)18/h4-9,20H,10H2,1-3H3. The second-order valence-corrected chi connectivity index (χ2v) is 5.54. The monoisotopic (exact) mass is 319 g/mol. The maximum Gasteiger partial charge on any atom is 0.338 e. The predicted molar refractivity (Wildman–Crippen MR) is 87.7 cm³/mol. The molecule has 0 fully saturated rings. The number of aromatic hydroxyl groups is 1. The Morgan fingerprint density at radius 1 is 1.27 bits per heavy atom. The van der Waals surface area contributed by atoms with E-state index in [9.17, 15) is 9.90 Å². The lowest BCUT2D eigenvalue weighted by Gasteiger charge is -2.21. The number of esters is 1. The number of hydrogen-bond acceptors (Lipinski definition) is 4. The molecule has 0 aliphatic rings. The molecular weight excluding hydrogens is 302 g/mol. The SMILES string of the molecule is COC(=O)c1ccc(CN(C)c2ccc(O)cc2Cl)cc1C. The van der Waals surface area contributed by atoms with Crippen molar-refractivity contribution in [3.8, 4) is 5.75 Å². The summed E-state index contributed by atoms with van der Waals surface area (Å²) in [7, 11) is 3.29. The molecule has 0 aromatic heterocycles. The zero-order valence-corrected chi connectivity index (χ0v) is 13.5. The minimum absolute atomic E-state index is 0.139. The minimum Gasteiger partial charge on any atom is -0.508 e. The fraction of sp³-hybridized carbons (Fsp3) is 0.235. The molecule has 0 bridgehead atoms. The van der Waals surface area contributed by atoms with E-state index in [-0.39, 0.29) is 11.7 Å². The van der Waals surface area contributed by atoms with E-state index in [2.05, 4.69) is 0 Å². The summed E-state index contributed by atoms with van der Waals surface area (Å²) in [6, 6.07) is 10.5. The van der Waals surface area contributed by atoms with Crippen LogP contribution >= 0.6 is 11.6 Å². The van der Waals surface area contributed by atoms with Crippen LogP contribution in [0.25, 0.3) is 0 Å². The topological polar surface area (TPSA) is 49.8 Å². The Hall–Kier alpha value is -2.20. The number of carbonyl (C=O) groups is 1. The Morgan fingerprint density at radius 3 is 2.59 bits per heavy atom. The van der Waals surface area contributed by atoms with Crippen molar-refractivity contribution in [2.75, 3.05) is 19.1 Å². The highest BCUT2D eigenvalue weighted by Crippen LogP contribution is 2.29. The average molecular weight is 320 g/mol. The molecule has 0 amide bonds. The zero-order chi connectivity index (χ0) is 16.3. The number of carbonyl (C=O) groups excluding carboxylic acids is 1. The Labute approximate surface area is 134 Å². The van der Waals surface area contributed by atoms with Crippen LogP contribution in [0, 0.1) is 6.92 Å². The van der Waals surface area contributed by atoms with E-state index in [1.807, 2.05) is 31.0 Å². The third-order valence-electron chi connectivity index (χ3n) is 3.46. The predicted octanol–water partition coefficient (Wildman–Crippen LogP) is 3.78. The van der Waals surface area contributed by atoms with Gasteiger partial charge in [0.25, 0.3) is 0 Å². The van der Waals surface area contributed by atoms with Gasteiger partial charge in [0.1, 0.15) is 5.75 Å². The Morgan fingerprint density at radius 2 is 2.00 bits per heavy atom. The first-order valence-electron chi connectivity index (χ1n) is 6.80. The molecule has 0 heterocycles. The first-order valence-corrected chi connectivity index (χ1v) is 7.17. The maximum absolute atomic E-state index is 11.6. The van der Waals surface area contributed by atoms with Gasteiger partial charge in [0.2, 0.25) is 0 Å². The summed E-state index contributed by atoms with van der Waals surface area (Å²) >= 11 is 6.14. The molecule has 0 atom stereocenters. The van der Waals surface area contributed by atoms with Gasteiger partial charge < -0.3 is 14.7 Å². The number of phenolic OH excluding ortho intramolecular Hbond substituents is 1. The van der Waals surface area contributed by atoms with Crippen LogP contribution in [0.2, 0.25) is 5.02 Å². The van der Waals surface area contributed by atoms with E-state index >= 15 is 0 Å². The molecule has 0 aliphatic heterocycles. The molecule has 5 heteroatoms. The average Bonchev–Trinajstić information content (AvgIpc) is 2.46. The van der Waals surface area contributed by atoms with Crippen molar-refractivity contribution >= 4 is 23.3 Å². The van der Waals surface area contributed by atoms with Crippen molar-refractivity contribution in [2.24, 2.45) is 0 Å². The smallest absolute Gasteiger partial charge is 0.338 e. The molecule has 22 heavy (non-hydrogen) atoms. The second-order valence-electron chi connectivity index (χ2n) is 5.13. The highest BCUT2D eigenvalue weighted by molar-refractivity contribution is 6.33. The molecule has 2 aromatic carbocycles. The maximum atomic E-state index is 11.6. The van der Waals surface area contributed by atoms with Crippen LogP contribution in [0.4, 0.5) is 5.69 Å². The van der Waals surface area contributed by atoms with Crippen molar-refractivity contribution < 1.29 is 14.6 Å². The van der Waals surface area contributed by atoms with Crippen LogP contribution in [-0.4, -0.2) is 25.2 Å². The minimum atomic E-state index is -0.334. The van der Waals surface area contributed by atoms with Gasteiger partial charge in [-0.05, 0) is 36.2 Å². The van der Waals surface area contributed by atoms with Gasteiger partial charge in [-0.3, -0.25) is 0 Å². The summed E-state index contributed by atoms with van der Waals surface area (Å²) in [5.41, 5.74) is 3.32. The van der Waals surface area contributed by atoms with Gasteiger partial charge in [-0.25, -0.2) is 4.79 Å². The van der Waals surface area contributed by atoms with Crippen LogP contribution in [-0.2, 0) is 11.3 Å². The van der Waals surface area contributed by atoms with Gasteiger partial charge in [0, 0.05) is 19.7 Å². The van der Waals surface area contributed by atoms with Gasteiger partial charge in [-0.2, -0.15) is 0 Å². The van der Waals surface area contributed by atoms with Crippen molar-refractivity contribution in [1.29, 1.82) is 0 Å². The molecule has 0 aliphatic carbocycles. The van der Waals surface area contributed by atoms with Gasteiger partial charge in [0.05, 0.1) is 23.4 Å². The summed E-state index contributed by atoms with van der Waals surface area (Å²) < 4.78 is 4.74. The molecule has 1 N–H and O–H groups in total. The Bertz CT molecular complexity index is 700. The summed E-state index contributed by atoms with van der Waals surface area (Å²) in [6.07, 6.45) is 0. The second kappa shape index (κ2) is 6.71. The molecule has 0 saturated carbocycles. The largest absolute Gasteiger partial charge is 0.508 e. The number of anilines is 1. The lowest BCUT2D eigenvalue weighted by molar-refractivity contribution is 0.0600. The zero-order valence-electron chi connectivity index (χ0n) is 12.8. The highest BCUT2D eigenvalue weighted by Gasteiger charge is 2.11. The number of methoxy groups -OCH3 is 1. The normalized spacial score (nSPS) is 10.4. The molecule has 116 valence electrons. The molecule has 0 radical (unpaired) electrons. The highest BCUT2D eigenvalue weighted by atomic mass is 35.5. The van der Waals surface area contributed by atoms with E-state index < -0.39 is 0 Å². The quantitative estimate of drug-likeness (QED) is 0.871. The summed E-state index contributed by atoms with van der Waals surface area (Å²) in [5, 5.41) is 9.90. The number of benzene rings is 2. The van der Waals surface area contributed by atoms with Crippen molar-refractivity contribution in [3.63, 3.8) is 0 Å². The van der Waals surface area contributed by atoms with E-state index in [0.717, 1.165) is 16.8 Å². The molecule has 2 aromatic rings. The lowest BCUT2D eigenvalue weighted by Crippen LogP contribution is -2.17. The van der Waals surface area contributed by atoms with Gasteiger partial charge >= 0.3 is 5.97 Å². The molecule has 0 spiro atoms. The summed E-state index contributed by atoms with van der Waals surface area (Å²) in [4.78, 5) is 13.6. The van der Waals surface area contributed by atoms with Crippen LogP contribution in [0.15, 0.2) is 36.4 Å². The molecule has 0 unspecified atom stereocenters. The number of phenols is 1. The number of aryl methyl sites for hydroxylation is 1. The number of nitrogens with zero attached hydrogens (tertiary/aromatic N) is 1. The van der Waals surface area contributed by atoms with Crippen molar-refractivity contribution in [1.82, 2.24) is 0 Å². The van der Waals surface area contributed by atoms with Crippen molar-refractivity contribution in [2.45, 2.75) is 13.5 Å². The summed E-state index contributed by atoms with van der Waals surface area (Å²) in [6.45, 7) is 2.51. The first-order chi connectivity index (χ1) is 10.4. The van der Waals surface area contributed by atoms with Crippen LogP contribution in [0.1, 0.15) is 21.5 Å². The van der Waals surface area contributed by atoms with Gasteiger partial charge in [0.15, 0.2) is 0 Å². The van der Waals surface area contributed by atoms with E-state index in [1.54, 1.807) is 18.2 Å². The fourth-order valence-corrected chi connectivity index (χ4v) is 2.65. The number of rotatable bonds is 4. The molecule has 0 saturated heterocycles. The lowest BCUT2D eigenvalue weighted by atomic mass is 10.0. The van der Waals surface area contributed by atoms with Crippen LogP contribution in [0.3, 0.4) is 0 Å². The van der Waals surface area contributed by atoms with E-state index in [1.165, 1.54) is 13.2 Å². The molecule has 2 rings (SSSR count). The molecule has 4 nitrogen and oxygen atoms in total. The Balaban J connectivity index is 2.20. The Kier molecular flexibility index (Phi) is 4.93. The van der Waals surface area contributed by atoms with Gasteiger partial charge in [-0.15, -0.1) is 0 Å². The fourth-order valence-electron chi connectivity index (χ4n) is 2.33. The number of halogens is 1. The van der Waals surface area contributed by atoms with E-state index in [4.69, 9.17) is 16.3 Å². The van der Waals surface area contributed by atoms with E-state index in [0.29, 0.717) is 17.1 Å². The van der Waals surface area contributed by atoms with Crippen LogP contribution < -0.4 is 4.90 Å². The van der Waals surface area contributed by atoms with Gasteiger partial charge in [-0.1, -0.05) is 23.7 Å². The van der Waals surface area contributed by atoms with Crippen molar-refractivity contribution in [3.05, 3.63) is 58.1 Å². The first kappa shape index (κ1) is 16.2. The third-order valence-corrected chi connectivity index (χ3v) is 3.76. The third kappa shape index (κ3) is 3.52. The molecular formula is C17H18ClNO3.